The number of nitrogens with zero attached hydrogens (tertiary/aromatic N) is 4. The monoisotopic (exact) mass is 716 g/mol. The molecule has 278 valence electrons. The van der Waals surface area contributed by atoms with Crippen molar-refractivity contribution in [1.82, 2.24) is 19.3 Å². The van der Waals surface area contributed by atoms with E-state index < -0.39 is 0 Å². The van der Waals surface area contributed by atoms with Crippen molar-refractivity contribution < 1.29 is 4.74 Å². The Bertz CT molecular complexity index is 2340. The zero-order valence-electron chi connectivity index (χ0n) is 33.5. The van der Waals surface area contributed by atoms with Crippen LogP contribution in [0.15, 0.2) is 116 Å². The molecule has 0 bridgehead atoms. The van der Waals surface area contributed by atoms with Crippen molar-refractivity contribution in [3.05, 3.63) is 132 Å². The molecule has 5 nitrogen and oxygen atoms in total. The van der Waals surface area contributed by atoms with E-state index in [2.05, 4.69) is 151 Å². The molecule has 0 atom stereocenters. The van der Waals surface area contributed by atoms with Crippen LogP contribution < -0.4 is 4.74 Å². The van der Waals surface area contributed by atoms with Crippen LogP contribution in [0.3, 0.4) is 0 Å². The van der Waals surface area contributed by atoms with E-state index in [9.17, 15) is 0 Å². The third-order valence-electron chi connectivity index (χ3n) is 10.4. The summed E-state index contributed by atoms with van der Waals surface area (Å²) in [5.41, 5.74) is 10.3. The van der Waals surface area contributed by atoms with Crippen molar-refractivity contribution in [2.45, 2.75) is 93.9 Å². The summed E-state index contributed by atoms with van der Waals surface area (Å²) in [7, 11) is 0. The van der Waals surface area contributed by atoms with Gasteiger partial charge in [-0.25, -0.2) is 9.67 Å². The fourth-order valence-electron chi connectivity index (χ4n) is 7.33. The lowest BCUT2D eigenvalue weighted by molar-refractivity contribution is 0.376. The third-order valence-corrected chi connectivity index (χ3v) is 10.4. The maximum Gasteiger partial charge on any atom is 0.137 e. The van der Waals surface area contributed by atoms with Crippen LogP contribution in [-0.2, 0) is 19.3 Å². The molecule has 3 heterocycles. The predicted molar refractivity (Wildman–Crippen MR) is 226 cm³/mol. The third kappa shape index (κ3) is 8.62. The van der Waals surface area contributed by atoms with Crippen molar-refractivity contribution in [3.8, 4) is 34.1 Å². The molecule has 0 aliphatic rings. The summed E-state index contributed by atoms with van der Waals surface area (Å²) in [6.07, 6.45) is 12.7. The van der Waals surface area contributed by atoms with Gasteiger partial charge in [-0.2, -0.15) is 5.10 Å². The average Bonchev–Trinajstić information content (AvgIpc) is 3.75. The smallest absolute Gasteiger partial charge is 0.137 e. The minimum absolute atomic E-state index is 0.263. The van der Waals surface area contributed by atoms with Gasteiger partial charge in [0.2, 0.25) is 0 Å². The average molecular weight is 717 g/mol. The summed E-state index contributed by atoms with van der Waals surface area (Å²) in [6.45, 7) is 18.5. The zero-order chi connectivity index (χ0) is 38.0. The van der Waals surface area contributed by atoms with E-state index >= 15 is 0 Å². The second-order valence-corrected chi connectivity index (χ2v) is 17.8. The molecule has 0 aliphatic carbocycles. The Balaban J connectivity index is 1.20. The van der Waals surface area contributed by atoms with E-state index in [1.807, 2.05) is 29.2 Å². The Hall–Kier alpha value is -5.16. The molecule has 7 rings (SSSR count). The fraction of sp³-hybridized carbons (Fsp3) is 0.347. The summed E-state index contributed by atoms with van der Waals surface area (Å²) in [5.74, 6) is 3.12. The number of aryl methyl sites for hydroxylation is 3. The number of pyridine rings is 1. The van der Waals surface area contributed by atoms with E-state index in [-0.39, 0.29) is 10.8 Å². The van der Waals surface area contributed by atoms with E-state index in [1.165, 1.54) is 33.0 Å². The molecule has 5 heteroatoms. The molecule has 0 saturated heterocycles. The van der Waals surface area contributed by atoms with Crippen molar-refractivity contribution in [2.75, 3.05) is 0 Å². The van der Waals surface area contributed by atoms with Crippen LogP contribution in [0.25, 0.3) is 44.4 Å². The van der Waals surface area contributed by atoms with Crippen molar-refractivity contribution in [2.24, 2.45) is 16.7 Å². The Morgan fingerprint density at radius 3 is 2.07 bits per heavy atom. The molecular formula is C49H56N4O. The Labute approximate surface area is 322 Å². The van der Waals surface area contributed by atoms with Gasteiger partial charge in [0.1, 0.15) is 17.3 Å². The van der Waals surface area contributed by atoms with Crippen molar-refractivity contribution >= 4 is 21.8 Å². The van der Waals surface area contributed by atoms with E-state index in [1.54, 1.807) is 0 Å². The van der Waals surface area contributed by atoms with Gasteiger partial charge < -0.3 is 4.74 Å². The number of fused-ring (bicyclic) bond motifs is 3. The number of hydrogen-bond donors (Lipinski definition) is 0. The molecule has 0 N–H and O–H groups in total. The SMILES string of the molecule is CC(C)CCc1ccnc(-n2c3ccccc3c3ccc(Oc4cccc(-n5cc(-c6c(CCC(C)(C)C)cccc6CCC(C)(C)C)cn5)c4)cc32)c1. The zero-order valence-corrected chi connectivity index (χ0v) is 33.5. The fourth-order valence-corrected chi connectivity index (χ4v) is 7.33. The van der Waals surface area contributed by atoms with Crippen LogP contribution in [0.1, 0.15) is 91.3 Å². The van der Waals surface area contributed by atoms with Gasteiger partial charge in [0.15, 0.2) is 0 Å². The summed E-state index contributed by atoms with van der Waals surface area (Å²) in [6, 6.07) is 34.4. The minimum Gasteiger partial charge on any atom is -0.457 e. The van der Waals surface area contributed by atoms with Gasteiger partial charge in [-0.15, -0.1) is 0 Å². The van der Waals surface area contributed by atoms with Crippen LogP contribution in [0.5, 0.6) is 11.5 Å². The maximum absolute atomic E-state index is 6.61. The highest BCUT2D eigenvalue weighted by Crippen LogP contribution is 2.37. The quantitative estimate of drug-likeness (QED) is 0.126. The summed E-state index contributed by atoms with van der Waals surface area (Å²) >= 11 is 0. The normalized spacial score (nSPS) is 12.3. The highest BCUT2D eigenvalue weighted by molar-refractivity contribution is 6.09. The number of benzene rings is 4. The van der Waals surface area contributed by atoms with Gasteiger partial charge >= 0.3 is 0 Å². The topological polar surface area (TPSA) is 44.9 Å². The van der Waals surface area contributed by atoms with Gasteiger partial charge in [0, 0.05) is 40.9 Å². The number of hydrogen-bond acceptors (Lipinski definition) is 3. The van der Waals surface area contributed by atoms with Crippen molar-refractivity contribution in [1.29, 1.82) is 0 Å². The van der Waals surface area contributed by atoms with Gasteiger partial charge in [0.25, 0.3) is 0 Å². The van der Waals surface area contributed by atoms with Gasteiger partial charge in [0.05, 0.1) is 22.9 Å². The standard InChI is InChI=1S/C49H56N4O/c1-34(2)19-20-35-25-28-50-46(29-35)53-44-18-10-9-17-42(44)43-22-21-41(31-45(43)53)54-40-16-12-15-39(30-40)52-33-38(32-51-52)47-36(23-26-48(3,4)5)13-11-14-37(47)24-27-49(6,7)8/h9-18,21-22,25,28-34H,19-20,23-24,26-27H2,1-8H3. The molecule has 3 aromatic heterocycles. The number of ether oxygens (including phenoxy) is 1. The van der Waals surface area contributed by atoms with Crippen LogP contribution in [0.4, 0.5) is 0 Å². The molecule has 54 heavy (non-hydrogen) atoms. The summed E-state index contributed by atoms with van der Waals surface area (Å²) < 4.78 is 10.9. The Morgan fingerprint density at radius 2 is 1.35 bits per heavy atom. The first-order valence-corrected chi connectivity index (χ1v) is 19.7. The first-order valence-electron chi connectivity index (χ1n) is 19.7. The second kappa shape index (κ2) is 15.3. The lowest BCUT2D eigenvalue weighted by Gasteiger charge is -2.22. The van der Waals surface area contributed by atoms with Crippen LogP contribution in [0.2, 0.25) is 0 Å². The largest absolute Gasteiger partial charge is 0.457 e. The van der Waals surface area contributed by atoms with E-state index in [0.29, 0.717) is 5.92 Å². The molecule has 4 aromatic carbocycles. The number of rotatable bonds is 12. The molecule has 0 unspecified atom stereocenters. The highest BCUT2D eigenvalue weighted by atomic mass is 16.5. The van der Waals surface area contributed by atoms with Crippen molar-refractivity contribution in [3.63, 3.8) is 0 Å². The Morgan fingerprint density at radius 1 is 0.667 bits per heavy atom. The van der Waals surface area contributed by atoms with E-state index in [4.69, 9.17) is 14.8 Å². The van der Waals surface area contributed by atoms with Crippen LogP contribution >= 0.6 is 0 Å². The molecule has 0 radical (unpaired) electrons. The molecular weight excluding hydrogens is 661 g/mol. The van der Waals surface area contributed by atoms with Gasteiger partial charge in [-0.1, -0.05) is 97.9 Å². The first-order chi connectivity index (χ1) is 25.8. The summed E-state index contributed by atoms with van der Waals surface area (Å²) in [5, 5.41) is 7.28. The molecule has 0 saturated carbocycles. The maximum atomic E-state index is 6.61. The van der Waals surface area contributed by atoms with Gasteiger partial charge in [-0.3, -0.25) is 4.57 Å². The minimum atomic E-state index is 0.263. The van der Waals surface area contributed by atoms with E-state index in [0.717, 1.165) is 78.1 Å². The molecule has 0 fully saturated rings. The Kier molecular flexibility index (Phi) is 10.5. The highest BCUT2D eigenvalue weighted by Gasteiger charge is 2.19. The predicted octanol–water partition coefficient (Wildman–Crippen LogP) is 13.4. The molecule has 0 amide bonds. The second-order valence-electron chi connectivity index (χ2n) is 17.8. The lowest BCUT2D eigenvalue weighted by atomic mass is 9.83. The van der Waals surface area contributed by atoms with Crippen LogP contribution in [0, 0.1) is 16.7 Å². The first kappa shape index (κ1) is 37.2. The number of aromatic nitrogens is 4. The molecule has 7 aromatic rings. The van der Waals surface area contributed by atoms with Gasteiger partial charge in [-0.05, 0) is 120 Å². The number of para-hydroxylation sites is 1. The summed E-state index contributed by atoms with van der Waals surface area (Å²) in [4.78, 5) is 4.86. The molecule has 0 spiro atoms. The molecule has 0 aliphatic heterocycles. The van der Waals surface area contributed by atoms with Crippen LogP contribution in [-0.4, -0.2) is 19.3 Å². The lowest BCUT2D eigenvalue weighted by Crippen LogP contribution is -2.09.